The first-order valence-electron chi connectivity index (χ1n) is 7.94. The number of alkyl halides is 3. The van der Waals surface area contributed by atoms with Gasteiger partial charge < -0.3 is 15.4 Å². The smallest absolute Gasteiger partial charge is 0.418 e. The highest BCUT2D eigenvalue weighted by Gasteiger charge is 2.35. The summed E-state index contributed by atoms with van der Waals surface area (Å²) in [5, 5.41) is 4.35. The summed E-state index contributed by atoms with van der Waals surface area (Å²) in [4.78, 5) is 11.9. The third-order valence-corrected chi connectivity index (χ3v) is 3.51. The van der Waals surface area contributed by atoms with Crippen LogP contribution in [0.2, 0.25) is 0 Å². The molecular weight excluding hydrogens is 352 g/mol. The van der Waals surface area contributed by atoms with Gasteiger partial charge in [0.2, 0.25) is 0 Å². The lowest BCUT2D eigenvalue weighted by Crippen LogP contribution is -2.31. The Hall–Kier alpha value is -2.77. The summed E-state index contributed by atoms with van der Waals surface area (Å²) in [5.41, 5.74) is -1.29. The molecule has 2 aromatic rings. The number of carbonyl (C=O) groups is 1. The zero-order chi connectivity index (χ0) is 19.2. The molecule has 0 radical (unpaired) electrons. The number of amides is 2. The summed E-state index contributed by atoms with van der Waals surface area (Å²) in [6.07, 6.45) is -4.37. The van der Waals surface area contributed by atoms with Crippen molar-refractivity contribution in [1.82, 2.24) is 5.32 Å². The molecule has 2 amide bonds. The van der Waals surface area contributed by atoms with Gasteiger partial charge in [-0.2, -0.15) is 13.2 Å². The molecule has 0 atom stereocenters. The molecule has 0 fully saturated rings. The summed E-state index contributed by atoms with van der Waals surface area (Å²) in [6.45, 7) is 2.47. The van der Waals surface area contributed by atoms with E-state index in [2.05, 4.69) is 5.32 Å². The zero-order valence-corrected chi connectivity index (χ0v) is 14.0. The van der Waals surface area contributed by atoms with Gasteiger partial charge in [-0.3, -0.25) is 0 Å². The molecule has 0 aromatic heterocycles. The van der Waals surface area contributed by atoms with Crippen LogP contribution in [0.15, 0.2) is 42.5 Å². The lowest BCUT2D eigenvalue weighted by Gasteiger charge is -2.15. The van der Waals surface area contributed by atoms with Crippen LogP contribution in [-0.4, -0.2) is 19.2 Å². The fourth-order valence-corrected chi connectivity index (χ4v) is 2.36. The van der Waals surface area contributed by atoms with E-state index in [4.69, 9.17) is 4.74 Å². The molecule has 0 heterocycles. The number of anilines is 1. The number of benzene rings is 2. The van der Waals surface area contributed by atoms with E-state index in [1.807, 2.05) is 30.4 Å². The zero-order valence-electron chi connectivity index (χ0n) is 14.0. The molecule has 2 aromatic carbocycles. The average molecular weight is 370 g/mol. The Morgan fingerprint density at radius 3 is 2.54 bits per heavy atom. The van der Waals surface area contributed by atoms with Gasteiger partial charge in [0.1, 0.15) is 11.6 Å². The van der Waals surface area contributed by atoms with Gasteiger partial charge in [-0.05, 0) is 37.1 Å². The van der Waals surface area contributed by atoms with Crippen LogP contribution >= 0.6 is 0 Å². The number of carbonyl (C=O) groups excluding carboxylic acids is 1. The van der Waals surface area contributed by atoms with Crippen molar-refractivity contribution in [2.75, 3.05) is 18.5 Å². The minimum Gasteiger partial charge on any atom is -0.494 e. The molecule has 140 valence electrons. The van der Waals surface area contributed by atoms with Gasteiger partial charge in [0.25, 0.3) is 0 Å². The topological polar surface area (TPSA) is 50.4 Å². The highest BCUT2D eigenvalue weighted by atomic mass is 19.4. The van der Waals surface area contributed by atoms with Gasteiger partial charge in [0.05, 0.1) is 17.9 Å². The first kappa shape index (κ1) is 19.6. The van der Waals surface area contributed by atoms with Crippen LogP contribution in [0.3, 0.4) is 0 Å². The normalized spacial score (nSPS) is 11.1. The third-order valence-electron chi connectivity index (χ3n) is 3.51. The highest BCUT2D eigenvalue weighted by molar-refractivity contribution is 5.90. The van der Waals surface area contributed by atoms with Crippen LogP contribution in [0.25, 0.3) is 0 Å². The number of halogens is 4. The molecular formula is C18H18F4N2O2. The van der Waals surface area contributed by atoms with Crippen molar-refractivity contribution in [3.8, 4) is 5.75 Å². The SMILES string of the molecule is CCOc1ccccc1CCNC(=O)Nc1c(F)cccc1C(F)(F)F. The highest BCUT2D eigenvalue weighted by Crippen LogP contribution is 2.36. The molecule has 0 bridgehead atoms. The van der Waals surface area contributed by atoms with Crippen molar-refractivity contribution in [1.29, 1.82) is 0 Å². The molecule has 0 aliphatic heterocycles. The Morgan fingerprint density at radius 1 is 1.12 bits per heavy atom. The van der Waals surface area contributed by atoms with E-state index in [9.17, 15) is 22.4 Å². The van der Waals surface area contributed by atoms with Crippen LogP contribution in [0.1, 0.15) is 18.1 Å². The summed E-state index contributed by atoms with van der Waals surface area (Å²) < 4.78 is 57.9. The maximum absolute atomic E-state index is 13.7. The number of urea groups is 1. The Labute approximate surface area is 148 Å². The summed E-state index contributed by atoms with van der Waals surface area (Å²) >= 11 is 0. The monoisotopic (exact) mass is 370 g/mol. The third kappa shape index (κ3) is 5.11. The van der Waals surface area contributed by atoms with Crippen LogP contribution in [0, 0.1) is 5.82 Å². The van der Waals surface area contributed by atoms with Gasteiger partial charge in [0.15, 0.2) is 0 Å². The average Bonchev–Trinajstić information content (AvgIpc) is 2.57. The van der Waals surface area contributed by atoms with Crippen LogP contribution in [0.4, 0.5) is 28.0 Å². The summed E-state index contributed by atoms with van der Waals surface area (Å²) in [6, 6.07) is 8.80. The summed E-state index contributed by atoms with van der Waals surface area (Å²) in [7, 11) is 0. The number of para-hydroxylation sites is 2. The second kappa shape index (κ2) is 8.55. The maximum Gasteiger partial charge on any atom is 0.418 e. The fourth-order valence-electron chi connectivity index (χ4n) is 2.36. The van der Waals surface area contributed by atoms with E-state index in [0.29, 0.717) is 24.8 Å². The Kier molecular flexibility index (Phi) is 6.43. The van der Waals surface area contributed by atoms with Gasteiger partial charge in [0, 0.05) is 6.54 Å². The molecule has 4 nitrogen and oxygen atoms in total. The standard InChI is InChI=1S/C18H18F4N2O2/c1-2-26-15-9-4-3-6-12(15)10-11-23-17(25)24-16-13(18(20,21)22)7-5-8-14(16)19/h3-9H,2,10-11H2,1H3,(H2,23,24,25). The van der Waals surface area contributed by atoms with Gasteiger partial charge in [-0.15, -0.1) is 0 Å². The van der Waals surface area contributed by atoms with E-state index >= 15 is 0 Å². The van der Waals surface area contributed by atoms with Gasteiger partial charge in [-0.25, -0.2) is 9.18 Å². The molecule has 0 saturated heterocycles. The van der Waals surface area contributed by atoms with Crippen molar-refractivity contribution < 1.29 is 27.1 Å². The lowest BCUT2D eigenvalue weighted by molar-refractivity contribution is -0.137. The van der Waals surface area contributed by atoms with Crippen molar-refractivity contribution in [2.24, 2.45) is 0 Å². The second-order valence-electron chi connectivity index (χ2n) is 5.33. The van der Waals surface area contributed by atoms with Gasteiger partial charge in [-0.1, -0.05) is 24.3 Å². The molecule has 2 rings (SSSR count). The minimum absolute atomic E-state index is 0.145. The summed E-state index contributed by atoms with van der Waals surface area (Å²) in [5.74, 6) is -0.484. The predicted octanol–water partition coefficient (Wildman–Crippen LogP) is 4.61. The quantitative estimate of drug-likeness (QED) is 0.730. The molecule has 0 spiro atoms. The predicted molar refractivity (Wildman–Crippen MR) is 89.7 cm³/mol. The van der Waals surface area contributed by atoms with Crippen molar-refractivity contribution in [3.05, 3.63) is 59.4 Å². The Balaban J connectivity index is 1.99. The molecule has 26 heavy (non-hydrogen) atoms. The first-order chi connectivity index (χ1) is 12.3. The molecule has 0 aliphatic rings. The van der Waals surface area contributed by atoms with Crippen LogP contribution < -0.4 is 15.4 Å². The number of rotatable bonds is 6. The molecule has 2 N–H and O–H groups in total. The minimum atomic E-state index is -4.78. The van der Waals surface area contributed by atoms with E-state index in [0.717, 1.165) is 17.7 Å². The maximum atomic E-state index is 13.7. The van der Waals surface area contributed by atoms with E-state index in [-0.39, 0.29) is 6.54 Å². The van der Waals surface area contributed by atoms with E-state index in [1.165, 1.54) is 0 Å². The van der Waals surface area contributed by atoms with Crippen LogP contribution in [0.5, 0.6) is 5.75 Å². The van der Waals surface area contributed by atoms with Crippen molar-refractivity contribution >= 4 is 11.7 Å². The molecule has 8 heteroatoms. The largest absolute Gasteiger partial charge is 0.494 e. The Morgan fingerprint density at radius 2 is 1.85 bits per heavy atom. The second-order valence-corrected chi connectivity index (χ2v) is 5.33. The number of hydrogen-bond donors (Lipinski definition) is 2. The molecule has 0 unspecified atom stereocenters. The molecule has 0 saturated carbocycles. The first-order valence-corrected chi connectivity index (χ1v) is 7.94. The molecule has 0 aliphatic carbocycles. The number of hydrogen-bond acceptors (Lipinski definition) is 2. The van der Waals surface area contributed by atoms with Gasteiger partial charge >= 0.3 is 12.2 Å². The van der Waals surface area contributed by atoms with Crippen molar-refractivity contribution in [3.63, 3.8) is 0 Å². The van der Waals surface area contributed by atoms with Crippen LogP contribution in [-0.2, 0) is 12.6 Å². The van der Waals surface area contributed by atoms with Crippen molar-refractivity contribution in [2.45, 2.75) is 19.5 Å². The van der Waals surface area contributed by atoms with E-state index < -0.39 is 29.3 Å². The van der Waals surface area contributed by atoms with E-state index in [1.54, 1.807) is 6.07 Å². The number of ether oxygens (including phenoxy) is 1. The Bertz CT molecular complexity index is 763. The number of nitrogens with one attached hydrogen (secondary N) is 2. The lowest BCUT2D eigenvalue weighted by atomic mass is 10.1. The fraction of sp³-hybridized carbons (Fsp3) is 0.278.